The standard InChI is InChI=1S/C22H44O5S/c1-3-5-7-9-10-11-12-13-15-16-18-21(20-28(24,25)26)27-22(23)19-17-14-8-6-4-2/h21H,3-20H2,1-2H3,(H,24,25,26). The SMILES string of the molecule is CCCCCCCCCCCCC(CS(=O)(=O)O)OC(=O)CCCCCCC. The van der Waals surface area contributed by atoms with Gasteiger partial charge in [-0.15, -0.1) is 0 Å². The number of rotatable bonds is 20. The zero-order valence-electron chi connectivity index (χ0n) is 18.3. The first-order valence-electron chi connectivity index (χ1n) is 11.5. The summed E-state index contributed by atoms with van der Waals surface area (Å²) in [5, 5.41) is 0. The molecule has 6 heteroatoms. The van der Waals surface area contributed by atoms with E-state index in [1.54, 1.807) is 0 Å². The van der Waals surface area contributed by atoms with E-state index >= 15 is 0 Å². The third-order valence-corrected chi connectivity index (χ3v) is 5.85. The van der Waals surface area contributed by atoms with Crippen molar-refractivity contribution in [2.45, 2.75) is 129 Å². The molecule has 0 rings (SSSR count). The van der Waals surface area contributed by atoms with Gasteiger partial charge in [0.05, 0.1) is 0 Å². The van der Waals surface area contributed by atoms with Crippen molar-refractivity contribution in [2.75, 3.05) is 5.75 Å². The molecule has 0 aromatic heterocycles. The molecule has 1 unspecified atom stereocenters. The molecule has 0 fully saturated rings. The summed E-state index contributed by atoms with van der Waals surface area (Å²) in [7, 11) is -4.14. The third-order valence-electron chi connectivity index (χ3n) is 5.06. The second-order valence-electron chi connectivity index (χ2n) is 8.00. The summed E-state index contributed by atoms with van der Waals surface area (Å²) < 4.78 is 36.9. The maximum absolute atomic E-state index is 12.0. The lowest BCUT2D eigenvalue weighted by Crippen LogP contribution is -2.26. The molecule has 0 aromatic rings. The Morgan fingerprint density at radius 1 is 0.750 bits per heavy atom. The summed E-state index contributed by atoms with van der Waals surface area (Å²) in [6, 6.07) is 0. The Morgan fingerprint density at radius 2 is 1.18 bits per heavy atom. The Labute approximate surface area is 173 Å². The molecule has 0 aromatic carbocycles. The summed E-state index contributed by atoms with van der Waals surface area (Å²) >= 11 is 0. The molecule has 1 atom stereocenters. The van der Waals surface area contributed by atoms with Gasteiger partial charge in [0.1, 0.15) is 11.9 Å². The molecule has 0 aliphatic heterocycles. The largest absolute Gasteiger partial charge is 0.461 e. The molecule has 168 valence electrons. The van der Waals surface area contributed by atoms with Crippen molar-refractivity contribution in [1.82, 2.24) is 0 Å². The highest BCUT2D eigenvalue weighted by molar-refractivity contribution is 7.85. The number of unbranched alkanes of at least 4 members (excludes halogenated alkanes) is 13. The first-order valence-corrected chi connectivity index (χ1v) is 13.1. The van der Waals surface area contributed by atoms with Crippen molar-refractivity contribution >= 4 is 16.1 Å². The maximum atomic E-state index is 12.0. The van der Waals surface area contributed by atoms with Crippen LogP contribution in [0.1, 0.15) is 123 Å². The van der Waals surface area contributed by atoms with E-state index in [-0.39, 0.29) is 5.97 Å². The van der Waals surface area contributed by atoms with Crippen molar-refractivity contribution in [2.24, 2.45) is 0 Å². The minimum absolute atomic E-state index is 0.323. The predicted molar refractivity (Wildman–Crippen MR) is 116 cm³/mol. The number of ether oxygens (including phenoxy) is 1. The van der Waals surface area contributed by atoms with Crippen LogP contribution in [0.15, 0.2) is 0 Å². The highest BCUT2D eigenvalue weighted by Crippen LogP contribution is 2.15. The van der Waals surface area contributed by atoms with Gasteiger partial charge in [-0.05, 0) is 19.3 Å². The Hall–Kier alpha value is -0.620. The molecule has 5 nitrogen and oxygen atoms in total. The average Bonchev–Trinajstić information content (AvgIpc) is 2.61. The number of hydrogen-bond donors (Lipinski definition) is 1. The van der Waals surface area contributed by atoms with Gasteiger partial charge in [0.25, 0.3) is 10.1 Å². The van der Waals surface area contributed by atoms with E-state index in [9.17, 15) is 13.2 Å². The first-order chi connectivity index (χ1) is 13.4. The molecule has 0 radical (unpaired) electrons. The smallest absolute Gasteiger partial charge is 0.306 e. The maximum Gasteiger partial charge on any atom is 0.306 e. The summed E-state index contributed by atoms with van der Waals surface area (Å²) in [4.78, 5) is 12.0. The van der Waals surface area contributed by atoms with Gasteiger partial charge in [0.2, 0.25) is 0 Å². The van der Waals surface area contributed by atoms with Crippen LogP contribution in [-0.4, -0.2) is 30.8 Å². The molecule has 0 saturated heterocycles. The van der Waals surface area contributed by atoms with Crippen LogP contribution in [0.2, 0.25) is 0 Å². The molecule has 1 N–H and O–H groups in total. The van der Waals surface area contributed by atoms with E-state index in [1.807, 2.05) is 0 Å². The monoisotopic (exact) mass is 420 g/mol. The van der Waals surface area contributed by atoms with Gasteiger partial charge < -0.3 is 4.74 Å². The van der Waals surface area contributed by atoms with Crippen LogP contribution >= 0.6 is 0 Å². The zero-order chi connectivity index (χ0) is 21.1. The molecular weight excluding hydrogens is 376 g/mol. The van der Waals surface area contributed by atoms with Crippen molar-refractivity contribution < 1.29 is 22.5 Å². The molecule has 0 spiro atoms. The van der Waals surface area contributed by atoms with Gasteiger partial charge in [-0.3, -0.25) is 9.35 Å². The molecule has 0 heterocycles. The van der Waals surface area contributed by atoms with Gasteiger partial charge >= 0.3 is 5.97 Å². The van der Waals surface area contributed by atoms with Crippen molar-refractivity contribution in [3.63, 3.8) is 0 Å². The Bertz CT molecular complexity index is 462. The highest BCUT2D eigenvalue weighted by Gasteiger charge is 2.20. The molecule has 0 amide bonds. The van der Waals surface area contributed by atoms with Crippen LogP contribution < -0.4 is 0 Å². The molecule has 28 heavy (non-hydrogen) atoms. The molecule has 0 bridgehead atoms. The number of carbonyl (C=O) groups is 1. The highest BCUT2D eigenvalue weighted by atomic mass is 32.2. The van der Waals surface area contributed by atoms with Gasteiger partial charge in [0, 0.05) is 6.42 Å². The first kappa shape index (κ1) is 27.4. The lowest BCUT2D eigenvalue weighted by atomic mass is 10.0. The minimum atomic E-state index is -4.14. The summed E-state index contributed by atoms with van der Waals surface area (Å²) in [6.45, 7) is 4.36. The second kappa shape index (κ2) is 18.4. The van der Waals surface area contributed by atoms with Gasteiger partial charge in [-0.2, -0.15) is 8.42 Å². The van der Waals surface area contributed by atoms with Crippen molar-refractivity contribution in [3.05, 3.63) is 0 Å². The van der Waals surface area contributed by atoms with E-state index < -0.39 is 22.0 Å². The fourth-order valence-corrected chi connectivity index (χ4v) is 4.09. The Kier molecular flexibility index (Phi) is 18.0. The Balaban J connectivity index is 3.94. The normalized spacial score (nSPS) is 12.8. The lowest BCUT2D eigenvalue weighted by Gasteiger charge is -2.16. The van der Waals surface area contributed by atoms with E-state index in [0.717, 1.165) is 44.9 Å². The molecular formula is C22H44O5S. The topological polar surface area (TPSA) is 80.7 Å². The van der Waals surface area contributed by atoms with Crippen molar-refractivity contribution in [3.8, 4) is 0 Å². The lowest BCUT2D eigenvalue weighted by molar-refractivity contribution is -0.148. The summed E-state index contributed by atoms with van der Waals surface area (Å²) in [6.07, 6.45) is 17.2. The number of esters is 1. The molecule has 0 saturated carbocycles. The predicted octanol–water partition coefficient (Wildman–Crippen LogP) is 6.46. The van der Waals surface area contributed by atoms with Gasteiger partial charge in [-0.25, -0.2) is 0 Å². The van der Waals surface area contributed by atoms with E-state index in [0.29, 0.717) is 12.8 Å². The fraction of sp³-hybridized carbons (Fsp3) is 0.955. The van der Waals surface area contributed by atoms with Gasteiger partial charge in [-0.1, -0.05) is 97.3 Å². The molecule has 0 aliphatic rings. The fourth-order valence-electron chi connectivity index (χ4n) is 3.39. The molecule has 0 aliphatic carbocycles. The van der Waals surface area contributed by atoms with E-state index in [4.69, 9.17) is 9.29 Å². The number of hydrogen-bond acceptors (Lipinski definition) is 4. The van der Waals surface area contributed by atoms with Gasteiger partial charge in [0.15, 0.2) is 0 Å². The second-order valence-corrected chi connectivity index (χ2v) is 9.49. The Morgan fingerprint density at radius 3 is 1.64 bits per heavy atom. The van der Waals surface area contributed by atoms with Crippen LogP contribution in [0, 0.1) is 0 Å². The third kappa shape index (κ3) is 20.1. The van der Waals surface area contributed by atoms with E-state index in [2.05, 4.69) is 13.8 Å². The van der Waals surface area contributed by atoms with Crippen LogP contribution in [0.4, 0.5) is 0 Å². The summed E-state index contributed by atoms with van der Waals surface area (Å²) in [5.74, 6) is -0.844. The quantitative estimate of drug-likeness (QED) is 0.139. The van der Waals surface area contributed by atoms with Crippen LogP contribution in [0.5, 0.6) is 0 Å². The van der Waals surface area contributed by atoms with Crippen LogP contribution in [-0.2, 0) is 19.6 Å². The van der Waals surface area contributed by atoms with Crippen molar-refractivity contribution in [1.29, 1.82) is 0 Å². The van der Waals surface area contributed by atoms with E-state index in [1.165, 1.54) is 51.4 Å². The minimum Gasteiger partial charge on any atom is -0.461 e. The van der Waals surface area contributed by atoms with Crippen LogP contribution in [0.25, 0.3) is 0 Å². The zero-order valence-corrected chi connectivity index (χ0v) is 19.1. The summed E-state index contributed by atoms with van der Waals surface area (Å²) in [5.41, 5.74) is 0. The number of carbonyl (C=O) groups excluding carboxylic acids is 1. The van der Waals surface area contributed by atoms with Crippen LogP contribution in [0.3, 0.4) is 0 Å². The average molecular weight is 421 g/mol.